The van der Waals surface area contributed by atoms with Gasteiger partial charge >= 0.3 is 12.5 Å². The lowest BCUT2D eigenvalue weighted by Crippen LogP contribution is -2.56. The maximum Gasteiger partial charge on any atom is 0.573 e. The molecule has 3 aliphatic rings. The summed E-state index contributed by atoms with van der Waals surface area (Å²) in [4.78, 5) is 15.0. The third-order valence-corrected chi connectivity index (χ3v) is 7.18. The smallest absolute Gasteiger partial charge is 0.448 e. The van der Waals surface area contributed by atoms with Crippen molar-refractivity contribution in [2.24, 2.45) is 0 Å². The molecule has 190 valence electrons. The van der Waals surface area contributed by atoms with Crippen molar-refractivity contribution in [2.75, 3.05) is 19.8 Å². The fourth-order valence-corrected chi connectivity index (χ4v) is 5.66. The molecule has 2 heterocycles. The number of alkyl halides is 3. The molecule has 8 heteroatoms. The van der Waals surface area contributed by atoms with Crippen molar-refractivity contribution in [1.29, 1.82) is 0 Å². The number of benzene rings is 3. The number of carbonyl (C=O) groups is 1. The van der Waals surface area contributed by atoms with E-state index in [2.05, 4.69) is 29.0 Å². The van der Waals surface area contributed by atoms with Crippen LogP contribution in [0.25, 0.3) is 16.7 Å². The van der Waals surface area contributed by atoms with Gasteiger partial charge in [0.15, 0.2) is 0 Å². The van der Waals surface area contributed by atoms with E-state index in [1.807, 2.05) is 30.3 Å². The molecule has 1 aliphatic carbocycles. The van der Waals surface area contributed by atoms with E-state index in [-0.39, 0.29) is 30.4 Å². The molecule has 37 heavy (non-hydrogen) atoms. The minimum atomic E-state index is -4.76. The number of morpholine rings is 1. The van der Waals surface area contributed by atoms with Gasteiger partial charge in [-0.1, -0.05) is 66.7 Å². The van der Waals surface area contributed by atoms with E-state index in [0.29, 0.717) is 25.2 Å². The first-order chi connectivity index (χ1) is 17.9. The summed E-state index contributed by atoms with van der Waals surface area (Å²) in [5.41, 5.74) is 6.08. The van der Waals surface area contributed by atoms with Crippen LogP contribution in [-0.4, -0.2) is 49.3 Å². The van der Waals surface area contributed by atoms with Crippen molar-refractivity contribution in [3.8, 4) is 16.9 Å². The van der Waals surface area contributed by atoms with Crippen LogP contribution in [0.1, 0.15) is 29.0 Å². The molecule has 0 N–H and O–H groups in total. The van der Waals surface area contributed by atoms with Crippen LogP contribution in [0.15, 0.2) is 78.9 Å². The molecule has 1 saturated heterocycles. The zero-order valence-corrected chi connectivity index (χ0v) is 19.8. The molecule has 1 fully saturated rings. The number of amides is 1. The molecule has 1 amide bonds. The first-order valence-corrected chi connectivity index (χ1v) is 12.2. The molecular formula is C29H24F3NO4. The highest BCUT2D eigenvalue weighted by Gasteiger charge is 2.40. The number of nitrogens with zero attached hydrogens (tertiary/aromatic N) is 1. The second-order valence-electron chi connectivity index (χ2n) is 9.44. The third kappa shape index (κ3) is 4.57. The van der Waals surface area contributed by atoms with Crippen molar-refractivity contribution in [1.82, 2.24) is 4.90 Å². The predicted molar refractivity (Wildman–Crippen MR) is 131 cm³/mol. The Hall–Kier alpha value is -3.78. The summed E-state index contributed by atoms with van der Waals surface area (Å²) in [5, 5.41) is 0. The van der Waals surface area contributed by atoms with Gasteiger partial charge in [-0.05, 0) is 51.9 Å². The Kier molecular flexibility index (Phi) is 5.91. The normalized spacial score (nSPS) is 20.6. The molecule has 2 unspecified atom stereocenters. The summed E-state index contributed by atoms with van der Waals surface area (Å²) in [6.07, 6.45) is -2.85. The second kappa shape index (κ2) is 9.27. The number of rotatable bonds is 4. The minimum Gasteiger partial charge on any atom is -0.448 e. The summed E-state index contributed by atoms with van der Waals surface area (Å²) < 4.78 is 53.7. The molecule has 5 nitrogen and oxygen atoms in total. The molecule has 0 aromatic heterocycles. The van der Waals surface area contributed by atoms with Crippen LogP contribution in [0.3, 0.4) is 0 Å². The van der Waals surface area contributed by atoms with E-state index in [0.717, 1.165) is 27.8 Å². The number of fused-ring (bicyclic) bond motifs is 5. The molecule has 2 aliphatic heterocycles. The number of carbonyl (C=O) groups excluding carboxylic acids is 1. The largest absolute Gasteiger partial charge is 0.573 e. The fourth-order valence-electron chi connectivity index (χ4n) is 5.66. The SMILES string of the molecule is O=C(OCC1c2ccccc2-c2ccccc21)N1C2C=C(c3cccc(OC(F)(F)F)c3)CC1COC2. The summed E-state index contributed by atoms with van der Waals surface area (Å²) in [6, 6.07) is 21.6. The maximum atomic E-state index is 13.3. The van der Waals surface area contributed by atoms with Gasteiger partial charge in [0.25, 0.3) is 0 Å². The monoisotopic (exact) mass is 507 g/mol. The minimum absolute atomic E-state index is 0.0419. The quantitative estimate of drug-likeness (QED) is 0.411. The Bertz CT molecular complexity index is 1320. The van der Waals surface area contributed by atoms with Gasteiger partial charge in [-0.25, -0.2) is 4.79 Å². The first-order valence-electron chi connectivity index (χ1n) is 12.2. The van der Waals surface area contributed by atoms with Crippen molar-refractivity contribution < 1.29 is 32.2 Å². The van der Waals surface area contributed by atoms with Gasteiger partial charge in [0.2, 0.25) is 0 Å². The van der Waals surface area contributed by atoms with Crippen LogP contribution >= 0.6 is 0 Å². The lowest BCUT2D eigenvalue weighted by molar-refractivity contribution is -0.274. The Morgan fingerprint density at radius 2 is 1.65 bits per heavy atom. The number of hydrogen-bond donors (Lipinski definition) is 0. The molecule has 0 spiro atoms. The van der Waals surface area contributed by atoms with E-state index >= 15 is 0 Å². The standard InChI is InChI=1S/C29H24F3NO4/c30-29(31,32)37-22-7-5-6-18(14-22)19-12-20-15-35-16-21(13-19)33(20)28(34)36-17-27-25-10-3-1-8-23(25)24-9-2-4-11-26(24)27/h1-12,14,20-21,27H,13,15-17H2. The summed E-state index contributed by atoms with van der Waals surface area (Å²) in [6.45, 7) is 0.844. The second-order valence-corrected chi connectivity index (χ2v) is 9.44. The van der Waals surface area contributed by atoms with E-state index < -0.39 is 12.5 Å². The van der Waals surface area contributed by atoms with Crippen LogP contribution in [0.5, 0.6) is 5.75 Å². The zero-order chi connectivity index (χ0) is 25.6. The van der Waals surface area contributed by atoms with Crippen molar-refractivity contribution >= 4 is 11.7 Å². The fraction of sp³-hybridized carbons (Fsp3) is 0.276. The van der Waals surface area contributed by atoms with Gasteiger partial charge in [0.1, 0.15) is 12.4 Å². The van der Waals surface area contributed by atoms with Gasteiger partial charge in [0, 0.05) is 5.92 Å². The highest BCUT2D eigenvalue weighted by molar-refractivity contribution is 5.79. The molecule has 2 bridgehead atoms. The highest BCUT2D eigenvalue weighted by atomic mass is 19.4. The van der Waals surface area contributed by atoms with E-state index in [1.165, 1.54) is 18.2 Å². The molecule has 3 aromatic carbocycles. The van der Waals surface area contributed by atoms with Crippen molar-refractivity contribution in [3.05, 3.63) is 95.6 Å². The molecule has 0 radical (unpaired) electrons. The molecule has 0 saturated carbocycles. The van der Waals surface area contributed by atoms with Gasteiger partial charge in [-0.2, -0.15) is 0 Å². The summed E-state index contributed by atoms with van der Waals surface area (Å²) in [7, 11) is 0. The number of halogens is 3. The summed E-state index contributed by atoms with van der Waals surface area (Å²) >= 11 is 0. The van der Waals surface area contributed by atoms with Gasteiger partial charge < -0.3 is 14.2 Å². The van der Waals surface area contributed by atoms with E-state index in [1.54, 1.807) is 11.0 Å². The Morgan fingerprint density at radius 1 is 0.946 bits per heavy atom. The maximum absolute atomic E-state index is 13.3. The average Bonchev–Trinajstić information content (AvgIpc) is 3.19. The first kappa shape index (κ1) is 23.6. The molecule has 6 rings (SSSR count). The van der Waals surface area contributed by atoms with Crippen LogP contribution in [-0.2, 0) is 9.47 Å². The summed E-state index contributed by atoms with van der Waals surface area (Å²) in [5.74, 6) is -0.314. The topological polar surface area (TPSA) is 48.0 Å². The number of hydrogen-bond acceptors (Lipinski definition) is 4. The van der Waals surface area contributed by atoms with Crippen LogP contribution in [0, 0.1) is 0 Å². The van der Waals surface area contributed by atoms with Crippen LogP contribution in [0.4, 0.5) is 18.0 Å². The molecule has 3 aromatic rings. The van der Waals surface area contributed by atoms with Crippen molar-refractivity contribution in [3.63, 3.8) is 0 Å². The Morgan fingerprint density at radius 3 is 2.32 bits per heavy atom. The van der Waals surface area contributed by atoms with Gasteiger partial charge in [-0.3, -0.25) is 4.90 Å². The lowest BCUT2D eigenvalue weighted by atomic mass is 9.90. The van der Waals surface area contributed by atoms with Gasteiger partial charge in [-0.15, -0.1) is 13.2 Å². The molecular weight excluding hydrogens is 483 g/mol. The van der Waals surface area contributed by atoms with Gasteiger partial charge in [0.05, 0.1) is 25.3 Å². The Balaban J connectivity index is 1.20. The van der Waals surface area contributed by atoms with Crippen LogP contribution in [0.2, 0.25) is 0 Å². The molecule has 2 atom stereocenters. The van der Waals surface area contributed by atoms with Crippen molar-refractivity contribution in [2.45, 2.75) is 30.8 Å². The Labute approximate surface area is 212 Å². The van der Waals surface area contributed by atoms with E-state index in [4.69, 9.17) is 9.47 Å². The van der Waals surface area contributed by atoms with E-state index in [9.17, 15) is 18.0 Å². The zero-order valence-electron chi connectivity index (χ0n) is 19.8. The average molecular weight is 508 g/mol. The highest BCUT2D eigenvalue weighted by Crippen LogP contribution is 2.44. The lowest BCUT2D eigenvalue weighted by Gasteiger charge is -2.44. The predicted octanol–water partition coefficient (Wildman–Crippen LogP) is 6.39. The van der Waals surface area contributed by atoms with Crippen LogP contribution < -0.4 is 4.74 Å². The number of ether oxygens (including phenoxy) is 3. The third-order valence-electron chi connectivity index (χ3n) is 7.18.